The molecule has 0 radical (unpaired) electrons. The van der Waals surface area contributed by atoms with Gasteiger partial charge in [-0.2, -0.15) is 0 Å². The van der Waals surface area contributed by atoms with Crippen LogP contribution in [-0.2, 0) is 21.9 Å². The molecule has 0 spiro atoms. The molecular formula is C26H32Cl2N2O2S. The monoisotopic (exact) mass is 506 g/mol. The third-order valence-electron chi connectivity index (χ3n) is 6.07. The van der Waals surface area contributed by atoms with Gasteiger partial charge in [-0.05, 0) is 49.9 Å². The molecule has 1 saturated carbocycles. The third kappa shape index (κ3) is 7.94. The first kappa shape index (κ1) is 25.9. The molecule has 1 unspecified atom stereocenters. The summed E-state index contributed by atoms with van der Waals surface area (Å²) in [7, 11) is 0. The first-order chi connectivity index (χ1) is 15.8. The molecule has 33 heavy (non-hydrogen) atoms. The maximum Gasteiger partial charge on any atom is 0.242 e. The summed E-state index contributed by atoms with van der Waals surface area (Å²) in [6.07, 6.45) is 5.51. The second-order valence-electron chi connectivity index (χ2n) is 8.77. The number of thioether (sulfide) groups is 1. The number of halogens is 2. The lowest BCUT2D eigenvalue weighted by atomic mass is 9.95. The maximum absolute atomic E-state index is 13.2. The predicted molar refractivity (Wildman–Crippen MR) is 139 cm³/mol. The van der Waals surface area contributed by atoms with Gasteiger partial charge in [0.25, 0.3) is 0 Å². The van der Waals surface area contributed by atoms with Gasteiger partial charge < -0.3 is 10.2 Å². The topological polar surface area (TPSA) is 49.4 Å². The second kappa shape index (κ2) is 12.7. The van der Waals surface area contributed by atoms with Crippen molar-refractivity contribution >= 4 is 46.8 Å². The predicted octanol–water partition coefficient (Wildman–Crippen LogP) is 6.40. The molecule has 0 heterocycles. The Bertz CT molecular complexity index is 946. The van der Waals surface area contributed by atoms with E-state index in [4.69, 9.17) is 23.2 Å². The van der Waals surface area contributed by atoms with Crippen molar-refractivity contribution in [2.75, 3.05) is 5.75 Å². The zero-order chi connectivity index (χ0) is 23.8. The van der Waals surface area contributed by atoms with Gasteiger partial charge in [0.05, 0.1) is 15.8 Å². The quantitative estimate of drug-likeness (QED) is 0.427. The number of benzene rings is 2. The zero-order valence-corrected chi connectivity index (χ0v) is 21.6. The lowest BCUT2D eigenvalue weighted by Gasteiger charge is -2.31. The lowest BCUT2D eigenvalue weighted by molar-refractivity contribution is -0.139. The minimum atomic E-state index is -0.575. The molecule has 2 amide bonds. The Morgan fingerprint density at radius 3 is 2.36 bits per heavy atom. The number of carbonyl (C=O) groups is 2. The van der Waals surface area contributed by atoms with E-state index >= 15 is 0 Å². The zero-order valence-electron chi connectivity index (χ0n) is 19.3. The Hall–Kier alpha value is -1.69. The summed E-state index contributed by atoms with van der Waals surface area (Å²) in [6, 6.07) is 13.3. The van der Waals surface area contributed by atoms with E-state index in [0.717, 1.165) is 37.0 Å². The van der Waals surface area contributed by atoms with Crippen LogP contribution in [0.3, 0.4) is 0 Å². The highest BCUT2D eigenvalue weighted by molar-refractivity contribution is 7.99. The van der Waals surface area contributed by atoms with Crippen LogP contribution in [0.4, 0.5) is 0 Å². The standard InChI is InChI=1S/C26H32Cl2N2O2S/c1-18-8-10-20(11-9-18)16-33-17-25(31)30(15-21-12-13-23(27)24(28)14-21)19(2)26(32)29-22-6-4-3-5-7-22/h8-14,19,22H,3-7,15-17H2,1-2H3,(H,29,32). The lowest BCUT2D eigenvalue weighted by Crippen LogP contribution is -2.50. The number of rotatable bonds is 9. The fourth-order valence-corrected chi connectivity index (χ4v) is 5.20. The summed E-state index contributed by atoms with van der Waals surface area (Å²) < 4.78 is 0. The van der Waals surface area contributed by atoms with Gasteiger partial charge in [-0.1, -0.05) is 78.4 Å². The Morgan fingerprint density at radius 1 is 1.03 bits per heavy atom. The van der Waals surface area contributed by atoms with Crippen molar-refractivity contribution in [3.8, 4) is 0 Å². The number of hydrogen-bond donors (Lipinski definition) is 1. The highest BCUT2D eigenvalue weighted by Gasteiger charge is 2.28. The average molecular weight is 508 g/mol. The largest absolute Gasteiger partial charge is 0.352 e. The average Bonchev–Trinajstić information content (AvgIpc) is 2.81. The van der Waals surface area contributed by atoms with E-state index in [2.05, 4.69) is 36.5 Å². The fraction of sp³-hybridized carbons (Fsp3) is 0.462. The molecule has 1 fully saturated rings. The van der Waals surface area contributed by atoms with E-state index in [0.29, 0.717) is 22.3 Å². The molecule has 0 bridgehead atoms. The van der Waals surface area contributed by atoms with Crippen LogP contribution in [0, 0.1) is 6.92 Å². The number of aryl methyl sites for hydroxylation is 1. The smallest absolute Gasteiger partial charge is 0.242 e. The molecule has 1 aliphatic carbocycles. The van der Waals surface area contributed by atoms with E-state index < -0.39 is 6.04 Å². The van der Waals surface area contributed by atoms with Crippen molar-refractivity contribution < 1.29 is 9.59 Å². The fourth-order valence-electron chi connectivity index (χ4n) is 4.01. The first-order valence-electron chi connectivity index (χ1n) is 11.5. The Morgan fingerprint density at radius 2 is 1.70 bits per heavy atom. The summed E-state index contributed by atoms with van der Waals surface area (Å²) in [4.78, 5) is 27.9. The molecular weight excluding hydrogens is 475 g/mol. The Kier molecular flexibility index (Phi) is 9.96. The van der Waals surface area contributed by atoms with Crippen molar-refractivity contribution in [3.63, 3.8) is 0 Å². The highest BCUT2D eigenvalue weighted by Crippen LogP contribution is 2.24. The van der Waals surface area contributed by atoms with Crippen LogP contribution in [0.2, 0.25) is 10.0 Å². The van der Waals surface area contributed by atoms with Crippen molar-refractivity contribution in [2.45, 2.75) is 70.3 Å². The first-order valence-corrected chi connectivity index (χ1v) is 13.4. The molecule has 0 saturated heterocycles. The summed E-state index contributed by atoms with van der Waals surface area (Å²) in [6.45, 7) is 4.17. The molecule has 4 nitrogen and oxygen atoms in total. The minimum Gasteiger partial charge on any atom is -0.352 e. The molecule has 1 N–H and O–H groups in total. The van der Waals surface area contributed by atoms with Crippen LogP contribution >= 0.6 is 35.0 Å². The van der Waals surface area contributed by atoms with Crippen LogP contribution in [0.25, 0.3) is 0 Å². The number of hydrogen-bond acceptors (Lipinski definition) is 3. The van der Waals surface area contributed by atoms with Crippen LogP contribution in [-0.4, -0.2) is 34.6 Å². The minimum absolute atomic E-state index is 0.0653. The third-order valence-corrected chi connectivity index (χ3v) is 7.80. The normalized spacial score (nSPS) is 15.2. The van der Waals surface area contributed by atoms with Gasteiger partial charge in [0.1, 0.15) is 6.04 Å². The molecule has 178 valence electrons. The van der Waals surface area contributed by atoms with Crippen molar-refractivity contribution in [1.82, 2.24) is 10.2 Å². The van der Waals surface area contributed by atoms with Gasteiger partial charge in [-0.3, -0.25) is 9.59 Å². The Labute approximate surface area is 211 Å². The number of amides is 2. The van der Waals surface area contributed by atoms with Gasteiger partial charge in [0.2, 0.25) is 11.8 Å². The van der Waals surface area contributed by atoms with Gasteiger partial charge in [-0.25, -0.2) is 0 Å². The van der Waals surface area contributed by atoms with E-state index in [1.165, 1.54) is 17.5 Å². The summed E-state index contributed by atoms with van der Waals surface area (Å²) in [5.74, 6) is 0.884. The van der Waals surface area contributed by atoms with Gasteiger partial charge in [0, 0.05) is 18.3 Å². The number of nitrogens with one attached hydrogen (secondary N) is 1. The van der Waals surface area contributed by atoms with Crippen LogP contribution < -0.4 is 5.32 Å². The second-order valence-corrected chi connectivity index (χ2v) is 10.6. The molecule has 1 atom stereocenters. The number of nitrogens with zero attached hydrogens (tertiary/aromatic N) is 1. The van der Waals surface area contributed by atoms with Crippen LogP contribution in [0.5, 0.6) is 0 Å². The van der Waals surface area contributed by atoms with Crippen LogP contribution in [0.15, 0.2) is 42.5 Å². The Balaban J connectivity index is 1.67. The molecule has 0 aromatic heterocycles. The molecule has 3 rings (SSSR count). The summed E-state index contributed by atoms with van der Waals surface area (Å²) >= 11 is 13.8. The van der Waals surface area contributed by atoms with Crippen molar-refractivity contribution in [2.24, 2.45) is 0 Å². The molecule has 2 aromatic rings. The van der Waals surface area contributed by atoms with E-state index in [-0.39, 0.29) is 17.9 Å². The molecule has 1 aliphatic rings. The van der Waals surface area contributed by atoms with E-state index in [1.54, 1.807) is 35.7 Å². The summed E-state index contributed by atoms with van der Waals surface area (Å²) in [5, 5.41) is 4.07. The van der Waals surface area contributed by atoms with Crippen LogP contribution in [0.1, 0.15) is 55.7 Å². The van der Waals surface area contributed by atoms with Gasteiger partial charge in [0.15, 0.2) is 0 Å². The summed E-state index contributed by atoms with van der Waals surface area (Å²) in [5.41, 5.74) is 3.24. The van der Waals surface area contributed by atoms with Gasteiger partial charge >= 0.3 is 0 Å². The molecule has 0 aliphatic heterocycles. The van der Waals surface area contributed by atoms with Crippen molar-refractivity contribution in [1.29, 1.82) is 0 Å². The van der Waals surface area contributed by atoms with Gasteiger partial charge in [-0.15, -0.1) is 11.8 Å². The SMILES string of the molecule is Cc1ccc(CSCC(=O)N(Cc2ccc(Cl)c(Cl)c2)C(C)C(=O)NC2CCCCC2)cc1. The maximum atomic E-state index is 13.2. The van der Waals surface area contributed by atoms with Crippen molar-refractivity contribution in [3.05, 3.63) is 69.2 Å². The number of carbonyl (C=O) groups excluding carboxylic acids is 2. The molecule has 7 heteroatoms. The van der Waals surface area contributed by atoms with E-state index in [1.807, 2.05) is 6.07 Å². The van der Waals surface area contributed by atoms with E-state index in [9.17, 15) is 9.59 Å². The molecule has 2 aromatic carbocycles. The highest BCUT2D eigenvalue weighted by atomic mass is 35.5.